The van der Waals surface area contributed by atoms with Gasteiger partial charge in [-0.15, -0.1) is 6.42 Å². The number of nitrogens with zero attached hydrogens (tertiary/aromatic N) is 3. The van der Waals surface area contributed by atoms with Crippen molar-refractivity contribution in [3.63, 3.8) is 0 Å². The molecule has 4 rings (SSSR count). The topological polar surface area (TPSA) is 77.2 Å². The minimum Gasteiger partial charge on any atom is -0.504 e. The van der Waals surface area contributed by atoms with Crippen molar-refractivity contribution in [3.8, 4) is 29.5 Å². The van der Waals surface area contributed by atoms with Crippen LogP contribution in [0, 0.1) is 12.3 Å². The van der Waals surface area contributed by atoms with Gasteiger partial charge in [-0.25, -0.2) is 9.97 Å². The summed E-state index contributed by atoms with van der Waals surface area (Å²) in [6.07, 6.45) is 10.4. The van der Waals surface area contributed by atoms with Crippen LogP contribution in [0.5, 0.6) is 11.5 Å². The standard InChI is InChI=1S/C25H19N3O3/c1-3-17-10-13-19(14-11-17)28-22(27-24-20(25(28)30)8-6-16-26-24)15-12-18-7-5-9-21(23(18)29)31-4-2/h1,5-16,29H,4H2,2H3/b15-12+. The Morgan fingerprint density at radius 3 is 2.68 bits per heavy atom. The molecule has 0 radical (unpaired) electrons. The summed E-state index contributed by atoms with van der Waals surface area (Å²) in [7, 11) is 0. The molecule has 0 aliphatic heterocycles. The van der Waals surface area contributed by atoms with E-state index < -0.39 is 0 Å². The quantitative estimate of drug-likeness (QED) is 0.504. The number of aromatic hydroxyl groups is 1. The predicted molar refractivity (Wildman–Crippen MR) is 121 cm³/mol. The van der Waals surface area contributed by atoms with Crippen LogP contribution in [-0.2, 0) is 0 Å². The zero-order valence-corrected chi connectivity index (χ0v) is 16.8. The number of rotatable bonds is 5. The van der Waals surface area contributed by atoms with Crippen molar-refractivity contribution in [1.29, 1.82) is 0 Å². The highest BCUT2D eigenvalue weighted by Crippen LogP contribution is 2.31. The second-order valence-corrected chi connectivity index (χ2v) is 6.64. The fourth-order valence-electron chi connectivity index (χ4n) is 3.21. The Morgan fingerprint density at radius 1 is 1.13 bits per heavy atom. The van der Waals surface area contributed by atoms with Crippen LogP contribution in [0.25, 0.3) is 28.9 Å². The van der Waals surface area contributed by atoms with Gasteiger partial charge in [-0.05, 0) is 61.5 Å². The third-order valence-electron chi connectivity index (χ3n) is 4.70. The third kappa shape index (κ3) is 3.89. The number of phenols is 1. The van der Waals surface area contributed by atoms with Crippen LogP contribution in [0.2, 0.25) is 0 Å². The van der Waals surface area contributed by atoms with Gasteiger partial charge in [0.15, 0.2) is 17.1 Å². The van der Waals surface area contributed by atoms with Crippen LogP contribution >= 0.6 is 0 Å². The number of fused-ring (bicyclic) bond motifs is 1. The molecule has 0 aliphatic carbocycles. The number of hydrogen-bond acceptors (Lipinski definition) is 5. The van der Waals surface area contributed by atoms with Crippen LogP contribution in [0.3, 0.4) is 0 Å². The van der Waals surface area contributed by atoms with Gasteiger partial charge in [0.25, 0.3) is 5.56 Å². The van der Waals surface area contributed by atoms with E-state index in [4.69, 9.17) is 11.2 Å². The van der Waals surface area contributed by atoms with E-state index in [0.717, 1.165) is 0 Å². The van der Waals surface area contributed by atoms with Crippen molar-refractivity contribution in [2.45, 2.75) is 6.92 Å². The number of ether oxygens (including phenoxy) is 1. The Morgan fingerprint density at radius 2 is 1.94 bits per heavy atom. The molecule has 0 unspecified atom stereocenters. The van der Waals surface area contributed by atoms with Gasteiger partial charge >= 0.3 is 0 Å². The monoisotopic (exact) mass is 409 g/mol. The first-order valence-corrected chi connectivity index (χ1v) is 9.70. The highest BCUT2D eigenvalue weighted by Gasteiger charge is 2.12. The summed E-state index contributed by atoms with van der Waals surface area (Å²) in [5, 5.41) is 10.9. The number of aromatic nitrogens is 3. The van der Waals surface area contributed by atoms with Crippen molar-refractivity contribution in [3.05, 3.63) is 88.1 Å². The molecule has 1 N–H and O–H groups in total. The minimum atomic E-state index is -0.251. The summed E-state index contributed by atoms with van der Waals surface area (Å²) >= 11 is 0. The molecule has 0 spiro atoms. The fourth-order valence-corrected chi connectivity index (χ4v) is 3.21. The van der Waals surface area contributed by atoms with E-state index in [-0.39, 0.29) is 11.3 Å². The van der Waals surface area contributed by atoms with Crippen molar-refractivity contribution in [2.24, 2.45) is 0 Å². The lowest BCUT2D eigenvalue weighted by atomic mass is 10.1. The first kappa shape index (κ1) is 19.9. The molecular formula is C25H19N3O3. The van der Waals surface area contributed by atoms with Gasteiger partial charge in [0, 0.05) is 17.3 Å². The molecule has 6 heteroatoms. The Bertz CT molecular complexity index is 1380. The van der Waals surface area contributed by atoms with Crippen LogP contribution in [0.15, 0.2) is 65.6 Å². The van der Waals surface area contributed by atoms with E-state index in [0.29, 0.717) is 46.0 Å². The van der Waals surface area contributed by atoms with Crippen LogP contribution in [0.4, 0.5) is 0 Å². The maximum absolute atomic E-state index is 13.3. The van der Waals surface area contributed by atoms with E-state index >= 15 is 0 Å². The lowest BCUT2D eigenvalue weighted by Gasteiger charge is -2.11. The van der Waals surface area contributed by atoms with E-state index in [2.05, 4.69) is 15.9 Å². The molecule has 0 atom stereocenters. The molecule has 152 valence electrons. The van der Waals surface area contributed by atoms with Gasteiger partial charge in [0.05, 0.1) is 17.7 Å². The molecule has 2 aromatic heterocycles. The average molecular weight is 409 g/mol. The van der Waals surface area contributed by atoms with Gasteiger partial charge in [-0.1, -0.05) is 18.1 Å². The summed E-state index contributed by atoms with van der Waals surface area (Å²) in [5.41, 5.74) is 1.96. The normalized spacial score (nSPS) is 11.0. The summed E-state index contributed by atoms with van der Waals surface area (Å²) in [6, 6.07) is 15.7. The number of phenolic OH excluding ortho intramolecular Hbond substituents is 1. The SMILES string of the molecule is C#Cc1ccc(-n2c(/C=C/c3cccc(OCC)c3O)nc3ncccc3c2=O)cc1. The third-order valence-corrected chi connectivity index (χ3v) is 4.70. The maximum Gasteiger partial charge on any atom is 0.267 e. The molecule has 0 aliphatic rings. The fraction of sp³-hybridized carbons (Fsp3) is 0.0800. The van der Waals surface area contributed by atoms with Crippen LogP contribution in [-0.4, -0.2) is 26.2 Å². The molecule has 4 aromatic rings. The first-order valence-electron chi connectivity index (χ1n) is 9.70. The molecule has 0 bridgehead atoms. The lowest BCUT2D eigenvalue weighted by Crippen LogP contribution is -2.22. The summed E-state index contributed by atoms with van der Waals surface area (Å²) in [6.45, 7) is 2.28. The van der Waals surface area contributed by atoms with E-state index in [1.807, 2.05) is 6.92 Å². The second-order valence-electron chi connectivity index (χ2n) is 6.64. The molecule has 31 heavy (non-hydrogen) atoms. The van der Waals surface area contributed by atoms with Crippen LogP contribution in [0.1, 0.15) is 23.9 Å². The molecule has 0 saturated heterocycles. The zero-order chi connectivity index (χ0) is 21.8. The van der Waals surface area contributed by atoms with Gasteiger partial charge < -0.3 is 9.84 Å². The molecule has 0 saturated carbocycles. The average Bonchev–Trinajstić information content (AvgIpc) is 2.80. The van der Waals surface area contributed by atoms with E-state index in [1.54, 1.807) is 72.9 Å². The molecule has 2 heterocycles. The largest absolute Gasteiger partial charge is 0.504 e. The van der Waals surface area contributed by atoms with Gasteiger partial charge in [0.2, 0.25) is 0 Å². The van der Waals surface area contributed by atoms with Crippen molar-refractivity contribution in [1.82, 2.24) is 14.5 Å². The molecule has 0 fully saturated rings. The number of hydrogen-bond donors (Lipinski definition) is 1. The number of pyridine rings is 1. The highest BCUT2D eigenvalue weighted by atomic mass is 16.5. The Kier molecular flexibility index (Phi) is 5.50. The van der Waals surface area contributed by atoms with Gasteiger partial charge in [-0.3, -0.25) is 9.36 Å². The van der Waals surface area contributed by atoms with E-state index in [9.17, 15) is 9.90 Å². The van der Waals surface area contributed by atoms with Crippen molar-refractivity contribution >= 4 is 23.2 Å². The second kappa shape index (κ2) is 8.56. The smallest absolute Gasteiger partial charge is 0.267 e. The molecular weight excluding hydrogens is 390 g/mol. The Hall–Kier alpha value is -4.37. The number of benzene rings is 2. The molecule has 0 amide bonds. The summed E-state index contributed by atoms with van der Waals surface area (Å²) in [4.78, 5) is 22.1. The number of terminal acetylenes is 1. The molecule has 6 nitrogen and oxygen atoms in total. The lowest BCUT2D eigenvalue weighted by molar-refractivity contribution is 0.318. The van der Waals surface area contributed by atoms with Crippen molar-refractivity contribution in [2.75, 3.05) is 6.61 Å². The van der Waals surface area contributed by atoms with Gasteiger partial charge in [-0.2, -0.15) is 0 Å². The van der Waals surface area contributed by atoms with E-state index in [1.165, 1.54) is 4.57 Å². The summed E-state index contributed by atoms with van der Waals surface area (Å²) < 4.78 is 6.93. The van der Waals surface area contributed by atoms with Crippen molar-refractivity contribution < 1.29 is 9.84 Å². The Balaban J connectivity index is 1.89. The predicted octanol–water partition coefficient (Wildman–Crippen LogP) is 4.04. The summed E-state index contributed by atoms with van der Waals surface area (Å²) in [5.74, 6) is 3.34. The first-order chi connectivity index (χ1) is 15.1. The number of para-hydroxylation sites is 1. The molecule has 2 aromatic carbocycles. The maximum atomic E-state index is 13.3. The minimum absolute atomic E-state index is 0.0202. The van der Waals surface area contributed by atoms with Crippen LogP contribution < -0.4 is 10.3 Å². The van der Waals surface area contributed by atoms with Gasteiger partial charge in [0.1, 0.15) is 5.82 Å². The zero-order valence-electron chi connectivity index (χ0n) is 16.8. The highest BCUT2D eigenvalue weighted by molar-refractivity contribution is 5.78. The Labute approximate surface area is 179 Å².